The van der Waals surface area contributed by atoms with Crippen LogP contribution in [0.25, 0.3) is 0 Å². The molecule has 1 aromatic rings. The highest BCUT2D eigenvalue weighted by Gasteiger charge is 2.38. The fourth-order valence-electron chi connectivity index (χ4n) is 2.80. The van der Waals surface area contributed by atoms with Gasteiger partial charge in [0.2, 0.25) is 0 Å². The van der Waals surface area contributed by atoms with Crippen molar-refractivity contribution in [2.45, 2.75) is 12.8 Å². The monoisotopic (exact) mass is 363 g/mol. The SMILES string of the molecule is COC(=O)C1=C(/C=C/CO)NC(C)=C(C(=O)O)C1c1ccccc1Cl. The molecule has 0 fully saturated rings. The molecule has 1 heterocycles. The summed E-state index contributed by atoms with van der Waals surface area (Å²) in [6.07, 6.45) is 2.95. The van der Waals surface area contributed by atoms with Gasteiger partial charge in [0.15, 0.2) is 0 Å². The Labute approximate surface area is 150 Å². The molecule has 132 valence electrons. The molecule has 1 atom stereocenters. The summed E-state index contributed by atoms with van der Waals surface area (Å²) in [4.78, 5) is 24.3. The molecule has 1 aromatic carbocycles. The molecule has 1 aliphatic rings. The number of ether oxygens (including phenoxy) is 1. The number of aliphatic carboxylic acids is 1. The van der Waals surface area contributed by atoms with E-state index in [0.717, 1.165) is 0 Å². The minimum absolute atomic E-state index is 0.00893. The van der Waals surface area contributed by atoms with Crippen LogP contribution in [-0.4, -0.2) is 35.9 Å². The molecule has 0 aromatic heterocycles. The second kappa shape index (κ2) is 8.00. The van der Waals surface area contributed by atoms with Crippen LogP contribution >= 0.6 is 11.6 Å². The number of methoxy groups -OCH3 is 1. The first-order valence-electron chi connectivity index (χ1n) is 7.47. The van der Waals surface area contributed by atoms with E-state index in [1.807, 2.05) is 0 Å². The maximum atomic E-state index is 12.4. The van der Waals surface area contributed by atoms with Crippen LogP contribution in [0.2, 0.25) is 5.02 Å². The Hall–Kier alpha value is -2.57. The third-order valence-electron chi connectivity index (χ3n) is 3.84. The minimum Gasteiger partial charge on any atom is -0.478 e. The number of hydrogen-bond donors (Lipinski definition) is 3. The van der Waals surface area contributed by atoms with E-state index in [1.165, 1.54) is 19.3 Å². The summed E-state index contributed by atoms with van der Waals surface area (Å²) in [5.41, 5.74) is 1.34. The smallest absolute Gasteiger partial charge is 0.336 e. The molecule has 0 saturated carbocycles. The number of aliphatic hydroxyl groups is 1. The van der Waals surface area contributed by atoms with Gasteiger partial charge in [0, 0.05) is 16.4 Å². The third kappa shape index (κ3) is 3.75. The van der Waals surface area contributed by atoms with Crippen LogP contribution in [0.5, 0.6) is 0 Å². The van der Waals surface area contributed by atoms with Crippen LogP contribution in [0.15, 0.2) is 59.0 Å². The molecule has 0 saturated heterocycles. The number of allylic oxidation sites excluding steroid dienone is 2. The van der Waals surface area contributed by atoms with Gasteiger partial charge in [-0.3, -0.25) is 0 Å². The summed E-state index contributed by atoms with van der Waals surface area (Å²) < 4.78 is 4.86. The molecule has 7 heteroatoms. The predicted octanol–water partition coefficient (Wildman–Crippen LogP) is 2.36. The van der Waals surface area contributed by atoms with Crippen molar-refractivity contribution in [1.29, 1.82) is 0 Å². The molecule has 1 aliphatic heterocycles. The number of esters is 1. The van der Waals surface area contributed by atoms with Gasteiger partial charge in [-0.05, 0) is 24.6 Å². The van der Waals surface area contributed by atoms with Gasteiger partial charge in [-0.1, -0.05) is 35.9 Å². The lowest BCUT2D eigenvalue weighted by Crippen LogP contribution is -2.32. The normalized spacial score (nSPS) is 17.7. The van der Waals surface area contributed by atoms with Crippen molar-refractivity contribution in [2.75, 3.05) is 13.7 Å². The minimum atomic E-state index is -1.17. The summed E-state index contributed by atoms with van der Waals surface area (Å²) in [7, 11) is 1.22. The van der Waals surface area contributed by atoms with Gasteiger partial charge in [-0.25, -0.2) is 9.59 Å². The van der Waals surface area contributed by atoms with Crippen LogP contribution in [-0.2, 0) is 14.3 Å². The molecular weight excluding hydrogens is 346 g/mol. The van der Waals surface area contributed by atoms with E-state index in [0.29, 0.717) is 22.0 Å². The molecule has 0 radical (unpaired) electrons. The van der Waals surface area contributed by atoms with E-state index in [4.69, 9.17) is 21.4 Å². The Balaban J connectivity index is 2.78. The van der Waals surface area contributed by atoms with E-state index in [1.54, 1.807) is 31.2 Å². The van der Waals surface area contributed by atoms with E-state index in [9.17, 15) is 14.7 Å². The van der Waals surface area contributed by atoms with E-state index in [-0.39, 0.29) is 17.8 Å². The average molecular weight is 364 g/mol. The first kappa shape index (κ1) is 18.8. The number of carboxylic acids is 1. The number of hydrogen-bond acceptors (Lipinski definition) is 5. The number of rotatable bonds is 5. The lowest BCUT2D eigenvalue weighted by atomic mass is 9.80. The summed E-state index contributed by atoms with van der Waals surface area (Å²) >= 11 is 6.27. The zero-order valence-electron chi connectivity index (χ0n) is 13.7. The summed E-state index contributed by atoms with van der Waals surface area (Å²) in [5.74, 6) is -2.75. The molecule has 0 amide bonds. The molecule has 0 bridgehead atoms. The Bertz CT molecular complexity index is 794. The van der Waals surface area contributed by atoms with Gasteiger partial charge in [0.05, 0.1) is 30.8 Å². The fourth-order valence-corrected chi connectivity index (χ4v) is 3.04. The van der Waals surface area contributed by atoms with Crippen LogP contribution in [0.4, 0.5) is 0 Å². The lowest BCUT2D eigenvalue weighted by molar-refractivity contribution is -0.136. The number of carbonyl (C=O) groups excluding carboxylic acids is 1. The van der Waals surface area contributed by atoms with Gasteiger partial charge in [0.25, 0.3) is 0 Å². The molecule has 2 rings (SSSR count). The number of halogens is 1. The largest absolute Gasteiger partial charge is 0.478 e. The second-order valence-electron chi connectivity index (χ2n) is 5.33. The van der Waals surface area contributed by atoms with Crippen molar-refractivity contribution in [3.05, 3.63) is 69.5 Å². The van der Waals surface area contributed by atoms with E-state index >= 15 is 0 Å². The lowest BCUT2D eigenvalue weighted by Gasteiger charge is -2.30. The third-order valence-corrected chi connectivity index (χ3v) is 4.18. The summed E-state index contributed by atoms with van der Waals surface area (Å²) in [5, 5.41) is 22.0. The highest BCUT2D eigenvalue weighted by atomic mass is 35.5. The summed E-state index contributed by atoms with van der Waals surface area (Å²) in [6, 6.07) is 6.74. The van der Waals surface area contributed by atoms with Gasteiger partial charge >= 0.3 is 11.9 Å². The van der Waals surface area contributed by atoms with Crippen molar-refractivity contribution in [2.24, 2.45) is 0 Å². The Morgan fingerprint density at radius 2 is 2.00 bits per heavy atom. The van der Waals surface area contributed by atoms with Crippen LogP contribution in [0, 0.1) is 0 Å². The fraction of sp³-hybridized carbons (Fsp3) is 0.222. The van der Waals surface area contributed by atoms with Crippen LogP contribution in [0.1, 0.15) is 18.4 Å². The van der Waals surface area contributed by atoms with E-state index in [2.05, 4.69) is 5.32 Å². The molecule has 3 N–H and O–H groups in total. The zero-order valence-corrected chi connectivity index (χ0v) is 14.5. The van der Waals surface area contributed by atoms with Gasteiger partial charge in [-0.2, -0.15) is 0 Å². The summed E-state index contributed by atoms with van der Waals surface area (Å²) in [6.45, 7) is 1.37. The van der Waals surface area contributed by atoms with Gasteiger partial charge in [-0.15, -0.1) is 0 Å². The topological polar surface area (TPSA) is 95.9 Å². The molecule has 0 aliphatic carbocycles. The molecule has 25 heavy (non-hydrogen) atoms. The molecule has 0 spiro atoms. The number of dihydropyridines is 1. The Morgan fingerprint density at radius 3 is 2.56 bits per heavy atom. The van der Waals surface area contributed by atoms with Crippen molar-refractivity contribution in [3.63, 3.8) is 0 Å². The molecular formula is C18H18ClNO5. The molecule has 6 nitrogen and oxygen atoms in total. The van der Waals surface area contributed by atoms with Crippen molar-refractivity contribution in [1.82, 2.24) is 5.32 Å². The van der Waals surface area contributed by atoms with Crippen LogP contribution in [0.3, 0.4) is 0 Å². The van der Waals surface area contributed by atoms with Gasteiger partial charge in [0.1, 0.15) is 0 Å². The number of carbonyl (C=O) groups is 2. The first-order chi connectivity index (χ1) is 11.9. The maximum absolute atomic E-state index is 12.4. The number of aliphatic hydroxyl groups excluding tert-OH is 1. The standard InChI is InChI=1S/C18H18ClNO5/c1-10-14(17(22)23)15(11-6-3-4-7-12(11)19)16(18(24)25-2)13(20-10)8-5-9-21/h3-8,15,20-21H,9H2,1-2H3,(H,22,23)/b8-5+. The zero-order chi connectivity index (χ0) is 18.6. The molecule has 1 unspecified atom stereocenters. The Morgan fingerprint density at radius 1 is 1.32 bits per heavy atom. The van der Waals surface area contributed by atoms with Crippen molar-refractivity contribution in [3.8, 4) is 0 Å². The van der Waals surface area contributed by atoms with Crippen molar-refractivity contribution >= 4 is 23.5 Å². The highest BCUT2D eigenvalue weighted by Crippen LogP contribution is 2.41. The second-order valence-corrected chi connectivity index (χ2v) is 5.73. The average Bonchev–Trinajstić information content (AvgIpc) is 2.58. The quantitative estimate of drug-likeness (QED) is 0.695. The van der Waals surface area contributed by atoms with Crippen molar-refractivity contribution < 1.29 is 24.5 Å². The maximum Gasteiger partial charge on any atom is 0.336 e. The Kier molecular flexibility index (Phi) is 6.01. The number of benzene rings is 1. The first-order valence-corrected chi connectivity index (χ1v) is 7.85. The predicted molar refractivity (Wildman–Crippen MR) is 92.9 cm³/mol. The highest BCUT2D eigenvalue weighted by molar-refractivity contribution is 6.31. The van der Waals surface area contributed by atoms with Crippen LogP contribution < -0.4 is 5.32 Å². The van der Waals surface area contributed by atoms with E-state index < -0.39 is 17.9 Å². The number of carboxylic acid groups (broad SMARTS) is 1. The van der Waals surface area contributed by atoms with Gasteiger partial charge < -0.3 is 20.3 Å². The number of nitrogens with one attached hydrogen (secondary N) is 1.